The summed E-state index contributed by atoms with van der Waals surface area (Å²) < 4.78 is 11.2. The fourth-order valence-corrected chi connectivity index (χ4v) is 3.26. The van der Waals surface area contributed by atoms with Gasteiger partial charge in [0.25, 0.3) is 11.6 Å². The maximum absolute atomic E-state index is 12.6. The number of ether oxygens (including phenoxy) is 2. The molecule has 0 spiro atoms. The van der Waals surface area contributed by atoms with Crippen LogP contribution >= 0.6 is 11.6 Å². The minimum absolute atomic E-state index is 0.00245. The Kier molecular flexibility index (Phi) is 7.85. The summed E-state index contributed by atoms with van der Waals surface area (Å²) in [5.41, 5.74) is 1.50. The lowest BCUT2D eigenvalue weighted by molar-refractivity contribution is -0.384. The molecule has 0 aliphatic heterocycles. The third-order valence-corrected chi connectivity index (χ3v) is 5.17. The standard InChI is InChI=1S/C25H20ClN3O5/c1-16-7-9-21(22(11-16)29(31)32)28-25(30)19(14-27)12-17-8-10-23(24(13-17)33-2)34-15-18-5-3-4-6-20(18)26/h3-13H,15H2,1-2H3,(H,28,30)/b19-12+. The molecule has 0 unspecified atom stereocenters. The highest BCUT2D eigenvalue weighted by Gasteiger charge is 2.18. The topological polar surface area (TPSA) is 114 Å². The van der Waals surface area contributed by atoms with Crippen molar-refractivity contribution in [3.63, 3.8) is 0 Å². The summed E-state index contributed by atoms with van der Waals surface area (Å²) in [7, 11) is 1.47. The van der Waals surface area contributed by atoms with E-state index in [0.29, 0.717) is 27.6 Å². The van der Waals surface area contributed by atoms with Gasteiger partial charge >= 0.3 is 0 Å². The first-order valence-corrected chi connectivity index (χ1v) is 10.4. The van der Waals surface area contributed by atoms with Crippen LogP contribution in [0.3, 0.4) is 0 Å². The van der Waals surface area contributed by atoms with Crippen LogP contribution in [-0.2, 0) is 11.4 Å². The van der Waals surface area contributed by atoms with Crippen molar-refractivity contribution in [3.05, 3.63) is 98.1 Å². The minimum atomic E-state index is -0.771. The highest BCUT2D eigenvalue weighted by Crippen LogP contribution is 2.31. The smallest absolute Gasteiger partial charge is 0.293 e. The molecule has 0 saturated heterocycles. The highest BCUT2D eigenvalue weighted by atomic mass is 35.5. The molecule has 0 bridgehead atoms. The number of nitrogens with zero attached hydrogens (tertiary/aromatic N) is 2. The Bertz CT molecular complexity index is 1310. The minimum Gasteiger partial charge on any atom is -0.493 e. The van der Waals surface area contributed by atoms with Gasteiger partial charge in [-0.25, -0.2) is 0 Å². The highest BCUT2D eigenvalue weighted by molar-refractivity contribution is 6.31. The van der Waals surface area contributed by atoms with Crippen molar-refractivity contribution >= 4 is 35.0 Å². The van der Waals surface area contributed by atoms with Crippen LogP contribution in [0, 0.1) is 28.4 Å². The van der Waals surface area contributed by atoms with Crippen LogP contribution in [0.2, 0.25) is 5.02 Å². The Morgan fingerprint density at radius 3 is 2.62 bits per heavy atom. The lowest BCUT2D eigenvalue weighted by Gasteiger charge is -2.12. The Morgan fingerprint density at radius 1 is 1.18 bits per heavy atom. The molecule has 0 saturated carbocycles. The van der Waals surface area contributed by atoms with Gasteiger partial charge < -0.3 is 14.8 Å². The molecule has 1 amide bonds. The number of nitrogens with one attached hydrogen (secondary N) is 1. The second-order valence-electron chi connectivity index (χ2n) is 7.19. The second-order valence-corrected chi connectivity index (χ2v) is 7.60. The largest absolute Gasteiger partial charge is 0.493 e. The zero-order valence-electron chi connectivity index (χ0n) is 18.4. The van der Waals surface area contributed by atoms with Crippen molar-refractivity contribution in [1.82, 2.24) is 0 Å². The molecule has 0 aliphatic carbocycles. The number of benzene rings is 3. The summed E-state index contributed by atoms with van der Waals surface area (Å²) >= 11 is 6.16. The van der Waals surface area contributed by atoms with E-state index in [1.54, 1.807) is 37.3 Å². The number of anilines is 1. The van der Waals surface area contributed by atoms with Crippen LogP contribution in [0.25, 0.3) is 6.08 Å². The number of hydrogen-bond donors (Lipinski definition) is 1. The number of carbonyl (C=O) groups is 1. The number of hydrogen-bond acceptors (Lipinski definition) is 6. The number of nitriles is 1. The molecule has 0 atom stereocenters. The monoisotopic (exact) mass is 477 g/mol. The van der Waals surface area contributed by atoms with Gasteiger partial charge in [0.2, 0.25) is 0 Å². The van der Waals surface area contributed by atoms with Gasteiger partial charge in [0.1, 0.15) is 23.9 Å². The van der Waals surface area contributed by atoms with Gasteiger partial charge in [-0.1, -0.05) is 41.9 Å². The number of carbonyl (C=O) groups excluding carboxylic acids is 1. The first kappa shape index (κ1) is 24.3. The molecule has 0 aliphatic rings. The maximum Gasteiger partial charge on any atom is 0.293 e. The lowest BCUT2D eigenvalue weighted by Crippen LogP contribution is -2.14. The van der Waals surface area contributed by atoms with Crippen molar-refractivity contribution in [2.45, 2.75) is 13.5 Å². The molecule has 9 heteroatoms. The van der Waals surface area contributed by atoms with E-state index in [1.807, 2.05) is 24.3 Å². The number of amides is 1. The van der Waals surface area contributed by atoms with E-state index in [-0.39, 0.29) is 23.6 Å². The Hall–Kier alpha value is -4.35. The molecule has 0 heterocycles. The predicted molar refractivity (Wildman–Crippen MR) is 129 cm³/mol. The van der Waals surface area contributed by atoms with Gasteiger partial charge in [0.05, 0.1) is 12.0 Å². The number of nitro benzene ring substituents is 1. The maximum atomic E-state index is 12.6. The molecule has 3 rings (SSSR count). The third kappa shape index (κ3) is 5.91. The number of methoxy groups -OCH3 is 1. The zero-order valence-corrected chi connectivity index (χ0v) is 19.1. The van der Waals surface area contributed by atoms with E-state index in [2.05, 4.69) is 5.32 Å². The van der Waals surface area contributed by atoms with E-state index in [4.69, 9.17) is 21.1 Å². The van der Waals surface area contributed by atoms with E-state index < -0.39 is 10.8 Å². The number of rotatable bonds is 8. The molecule has 1 N–H and O–H groups in total. The molecule has 3 aromatic carbocycles. The van der Waals surface area contributed by atoms with Crippen molar-refractivity contribution < 1.29 is 19.2 Å². The van der Waals surface area contributed by atoms with Crippen molar-refractivity contribution in [2.24, 2.45) is 0 Å². The quantitative estimate of drug-likeness (QED) is 0.193. The van der Waals surface area contributed by atoms with Crippen LogP contribution in [0.15, 0.2) is 66.2 Å². The first-order chi connectivity index (χ1) is 16.3. The average Bonchev–Trinajstić information content (AvgIpc) is 2.83. The fraction of sp³-hybridized carbons (Fsp3) is 0.120. The SMILES string of the molecule is COc1cc(/C=C(\C#N)C(=O)Nc2ccc(C)cc2[N+](=O)[O-])ccc1OCc1ccccc1Cl. The molecule has 8 nitrogen and oxygen atoms in total. The first-order valence-electron chi connectivity index (χ1n) is 10.0. The van der Waals surface area contributed by atoms with Crippen molar-refractivity contribution in [3.8, 4) is 17.6 Å². The van der Waals surface area contributed by atoms with Crippen LogP contribution in [-0.4, -0.2) is 17.9 Å². The number of aryl methyl sites for hydroxylation is 1. The normalized spacial score (nSPS) is 10.8. The van der Waals surface area contributed by atoms with E-state index in [0.717, 1.165) is 5.56 Å². The molecule has 34 heavy (non-hydrogen) atoms. The molecular weight excluding hydrogens is 458 g/mol. The van der Waals surface area contributed by atoms with Crippen LogP contribution in [0.1, 0.15) is 16.7 Å². The van der Waals surface area contributed by atoms with Crippen LogP contribution in [0.4, 0.5) is 11.4 Å². The van der Waals surface area contributed by atoms with Crippen LogP contribution in [0.5, 0.6) is 11.5 Å². The summed E-state index contributed by atoms with van der Waals surface area (Å²) in [4.78, 5) is 23.3. The van der Waals surface area contributed by atoms with Crippen molar-refractivity contribution in [1.29, 1.82) is 5.26 Å². The van der Waals surface area contributed by atoms with Gasteiger partial charge in [0, 0.05) is 16.7 Å². The van der Waals surface area contributed by atoms with Gasteiger partial charge in [-0.3, -0.25) is 14.9 Å². The molecular formula is C25H20ClN3O5. The van der Waals surface area contributed by atoms with Crippen molar-refractivity contribution in [2.75, 3.05) is 12.4 Å². The van der Waals surface area contributed by atoms with Crippen LogP contribution < -0.4 is 14.8 Å². The summed E-state index contributed by atoms with van der Waals surface area (Å²) in [6.45, 7) is 1.93. The van der Waals surface area contributed by atoms with E-state index >= 15 is 0 Å². The van der Waals surface area contributed by atoms with E-state index in [9.17, 15) is 20.2 Å². The second kappa shape index (κ2) is 11.0. The Morgan fingerprint density at radius 2 is 1.94 bits per heavy atom. The Labute approximate surface area is 201 Å². The fourth-order valence-electron chi connectivity index (χ4n) is 3.07. The predicted octanol–water partition coefficient (Wildman–Crippen LogP) is 5.69. The third-order valence-electron chi connectivity index (χ3n) is 4.80. The van der Waals surface area contributed by atoms with E-state index in [1.165, 1.54) is 25.3 Å². The van der Waals surface area contributed by atoms with Gasteiger partial charge in [-0.15, -0.1) is 0 Å². The average molecular weight is 478 g/mol. The van der Waals surface area contributed by atoms with Gasteiger partial charge in [-0.2, -0.15) is 5.26 Å². The molecule has 0 fully saturated rings. The molecule has 0 aromatic heterocycles. The molecule has 0 radical (unpaired) electrons. The molecule has 3 aromatic rings. The number of nitro groups is 1. The Balaban J connectivity index is 1.80. The van der Waals surface area contributed by atoms with Gasteiger partial charge in [0.15, 0.2) is 11.5 Å². The summed E-state index contributed by atoms with van der Waals surface area (Å²) in [6, 6.07) is 18.4. The summed E-state index contributed by atoms with van der Waals surface area (Å²) in [5, 5.41) is 23.8. The summed E-state index contributed by atoms with van der Waals surface area (Å²) in [5.74, 6) is 0.0814. The van der Waals surface area contributed by atoms with Gasteiger partial charge in [-0.05, 0) is 48.4 Å². The summed E-state index contributed by atoms with van der Waals surface area (Å²) in [6.07, 6.45) is 1.36. The lowest BCUT2D eigenvalue weighted by atomic mass is 10.1. The molecule has 172 valence electrons. The zero-order chi connectivity index (χ0) is 24.7. The number of halogens is 1.